The van der Waals surface area contributed by atoms with Crippen LogP contribution < -0.4 is 10.6 Å². The number of thiocarbonyl (C=S) groups is 1. The van der Waals surface area contributed by atoms with E-state index in [1.807, 2.05) is 0 Å². The lowest BCUT2D eigenvalue weighted by Gasteiger charge is -2.12. The second-order valence-corrected chi connectivity index (χ2v) is 5.28. The van der Waals surface area contributed by atoms with Crippen LogP contribution in [-0.2, 0) is 0 Å². The molecule has 1 aliphatic rings. The summed E-state index contributed by atoms with van der Waals surface area (Å²) in [6.07, 6.45) is 2.31. The number of hydrogen-bond donors (Lipinski definition) is 2. The van der Waals surface area contributed by atoms with E-state index < -0.39 is 0 Å². The van der Waals surface area contributed by atoms with E-state index in [-0.39, 0.29) is 0 Å². The van der Waals surface area contributed by atoms with E-state index in [1.165, 1.54) is 0 Å². The van der Waals surface area contributed by atoms with E-state index in [1.54, 1.807) is 12.1 Å². The van der Waals surface area contributed by atoms with Crippen LogP contribution >= 0.6 is 47.0 Å². The van der Waals surface area contributed by atoms with Crippen molar-refractivity contribution in [2.24, 2.45) is 0 Å². The highest BCUT2D eigenvalue weighted by molar-refractivity contribution is 7.80. The van der Waals surface area contributed by atoms with Crippen LogP contribution in [0.4, 0.5) is 5.69 Å². The molecule has 1 aliphatic carbocycles. The van der Waals surface area contributed by atoms with Gasteiger partial charge in [0.25, 0.3) is 0 Å². The van der Waals surface area contributed by atoms with Gasteiger partial charge in [-0.1, -0.05) is 34.8 Å². The summed E-state index contributed by atoms with van der Waals surface area (Å²) in [6, 6.07) is 3.73. The maximum atomic E-state index is 6.01. The molecule has 0 unspecified atom stereocenters. The summed E-state index contributed by atoms with van der Waals surface area (Å²) in [7, 11) is 0. The molecule has 1 fully saturated rings. The second-order valence-electron chi connectivity index (χ2n) is 3.62. The molecule has 16 heavy (non-hydrogen) atoms. The molecule has 86 valence electrons. The van der Waals surface area contributed by atoms with Crippen molar-refractivity contribution >= 4 is 57.8 Å². The van der Waals surface area contributed by atoms with E-state index in [2.05, 4.69) is 10.6 Å². The number of rotatable bonds is 2. The number of halogens is 3. The lowest BCUT2D eigenvalue weighted by atomic mass is 10.3. The van der Waals surface area contributed by atoms with E-state index in [9.17, 15) is 0 Å². The van der Waals surface area contributed by atoms with Gasteiger partial charge in [0, 0.05) is 11.1 Å². The van der Waals surface area contributed by atoms with Crippen molar-refractivity contribution in [3.8, 4) is 0 Å². The van der Waals surface area contributed by atoms with Gasteiger partial charge < -0.3 is 10.6 Å². The fraction of sp³-hybridized carbons (Fsp3) is 0.300. The molecule has 0 saturated heterocycles. The maximum Gasteiger partial charge on any atom is 0.171 e. The number of nitrogens with one attached hydrogen (secondary N) is 2. The van der Waals surface area contributed by atoms with Crippen molar-refractivity contribution in [1.82, 2.24) is 5.32 Å². The van der Waals surface area contributed by atoms with Gasteiger partial charge in [-0.3, -0.25) is 0 Å². The topological polar surface area (TPSA) is 24.1 Å². The molecule has 0 atom stereocenters. The Balaban J connectivity index is 2.10. The third-order valence-electron chi connectivity index (χ3n) is 2.16. The van der Waals surface area contributed by atoms with Crippen LogP contribution in [0.1, 0.15) is 12.8 Å². The highest BCUT2D eigenvalue weighted by atomic mass is 35.5. The molecule has 0 amide bonds. The zero-order valence-electron chi connectivity index (χ0n) is 8.19. The first kappa shape index (κ1) is 12.2. The van der Waals surface area contributed by atoms with Gasteiger partial charge in [0.1, 0.15) is 0 Å². The third-order valence-corrected chi connectivity index (χ3v) is 3.19. The zero-order chi connectivity index (χ0) is 11.7. The zero-order valence-corrected chi connectivity index (χ0v) is 11.3. The minimum absolute atomic E-state index is 0.456. The van der Waals surface area contributed by atoms with Crippen LogP contribution in [0.25, 0.3) is 0 Å². The summed E-state index contributed by atoms with van der Waals surface area (Å²) in [5, 5.41) is 8.07. The van der Waals surface area contributed by atoms with Crippen molar-refractivity contribution in [3.05, 3.63) is 27.2 Å². The van der Waals surface area contributed by atoms with Crippen LogP contribution in [0, 0.1) is 0 Å². The monoisotopic (exact) mass is 294 g/mol. The Bertz CT molecular complexity index is 409. The highest BCUT2D eigenvalue weighted by Crippen LogP contribution is 2.33. The molecule has 0 bridgehead atoms. The highest BCUT2D eigenvalue weighted by Gasteiger charge is 2.22. The fourth-order valence-corrected chi connectivity index (χ4v) is 2.40. The molecule has 2 nitrogen and oxygen atoms in total. The van der Waals surface area contributed by atoms with E-state index in [0.29, 0.717) is 31.9 Å². The van der Waals surface area contributed by atoms with E-state index in [0.717, 1.165) is 12.8 Å². The first-order valence-electron chi connectivity index (χ1n) is 4.78. The van der Waals surface area contributed by atoms with Crippen LogP contribution in [0.15, 0.2) is 12.1 Å². The smallest absolute Gasteiger partial charge is 0.171 e. The van der Waals surface area contributed by atoms with Gasteiger partial charge in [-0.15, -0.1) is 0 Å². The molecule has 0 aromatic heterocycles. The fourth-order valence-electron chi connectivity index (χ4n) is 1.22. The van der Waals surface area contributed by atoms with Crippen molar-refractivity contribution in [3.63, 3.8) is 0 Å². The average Bonchev–Trinajstić information content (AvgIpc) is 2.95. The SMILES string of the molecule is S=C(Nc1c(Cl)cc(Cl)cc1Cl)NC1CC1. The first-order chi connectivity index (χ1) is 7.56. The van der Waals surface area contributed by atoms with Gasteiger partial charge >= 0.3 is 0 Å². The van der Waals surface area contributed by atoms with E-state index >= 15 is 0 Å². The Kier molecular flexibility index (Phi) is 3.80. The van der Waals surface area contributed by atoms with Gasteiger partial charge in [-0.25, -0.2) is 0 Å². The Hall–Kier alpha value is -0.220. The summed E-state index contributed by atoms with van der Waals surface area (Å²) in [5.74, 6) is 0. The normalized spacial score (nSPS) is 14.7. The molecule has 0 heterocycles. The van der Waals surface area contributed by atoms with Crippen LogP contribution in [-0.4, -0.2) is 11.2 Å². The molecule has 0 radical (unpaired) electrons. The van der Waals surface area contributed by atoms with E-state index in [4.69, 9.17) is 47.0 Å². The predicted octanol–water partition coefficient (Wildman–Crippen LogP) is 4.10. The lowest BCUT2D eigenvalue weighted by Crippen LogP contribution is -2.30. The standard InChI is InChI=1S/C10H9Cl3N2S/c11-5-3-7(12)9(8(13)4-5)15-10(16)14-6-1-2-6/h3-4,6H,1-2H2,(H2,14,15,16). The van der Waals surface area contributed by atoms with Crippen molar-refractivity contribution in [1.29, 1.82) is 0 Å². The van der Waals surface area contributed by atoms with Gasteiger partial charge in [0.2, 0.25) is 0 Å². The summed E-state index contributed by atoms with van der Waals surface area (Å²) in [5.41, 5.74) is 0.589. The van der Waals surface area contributed by atoms with Crippen LogP contribution in [0.2, 0.25) is 15.1 Å². The second kappa shape index (κ2) is 4.96. The maximum absolute atomic E-state index is 6.01. The predicted molar refractivity (Wildman–Crippen MR) is 73.9 cm³/mol. The minimum atomic E-state index is 0.456. The summed E-state index contributed by atoms with van der Waals surface area (Å²) >= 11 is 23.0. The number of anilines is 1. The third kappa shape index (κ3) is 3.14. The first-order valence-corrected chi connectivity index (χ1v) is 6.32. The number of hydrogen-bond acceptors (Lipinski definition) is 1. The molecule has 1 aromatic carbocycles. The summed E-state index contributed by atoms with van der Waals surface area (Å²) in [6.45, 7) is 0. The van der Waals surface area contributed by atoms with Crippen molar-refractivity contribution in [2.45, 2.75) is 18.9 Å². The largest absolute Gasteiger partial charge is 0.360 e. The molecule has 0 spiro atoms. The Morgan fingerprint density at radius 1 is 1.19 bits per heavy atom. The molecule has 2 N–H and O–H groups in total. The molecular weight excluding hydrogens is 287 g/mol. The van der Waals surface area contributed by atoms with Gasteiger partial charge in [-0.05, 0) is 37.2 Å². The minimum Gasteiger partial charge on any atom is -0.360 e. The quantitative estimate of drug-likeness (QED) is 0.803. The Morgan fingerprint density at radius 3 is 2.25 bits per heavy atom. The summed E-state index contributed by atoms with van der Waals surface area (Å²) in [4.78, 5) is 0. The van der Waals surface area contributed by atoms with Crippen molar-refractivity contribution in [2.75, 3.05) is 5.32 Å². The molecule has 2 rings (SSSR count). The van der Waals surface area contributed by atoms with Crippen LogP contribution in [0.5, 0.6) is 0 Å². The molecular formula is C10H9Cl3N2S. The van der Waals surface area contributed by atoms with Gasteiger partial charge in [0.05, 0.1) is 15.7 Å². The van der Waals surface area contributed by atoms with Crippen LogP contribution in [0.3, 0.4) is 0 Å². The van der Waals surface area contributed by atoms with Gasteiger partial charge in [-0.2, -0.15) is 0 Å². The van der Waals surface area contributed by atoms with Gasteiger partial charge in [0.15, 0.2) is 5.11 Å². The molecule has 0 aliphatic heterocycles. The summed E-state index contributed by atoms with van der Waals surface area (Å²) < 4.78 is 0. The number of benzene rings is 1. The molecule has 6 heteroatoms. The molecule has 1 saturated carbocycles. The average molecular weight is 296 g/mol. The lowest BCUT2D eigenvalue weighted by molar-refractivity contribution is 0.919. The Labute approximate surface area is 114 Å². The van der Waals surface area contributed by atoms with Crippen molar-refractivity contribution < 1.29 is 0 Å². The molecule has 1 aromatic rings. The Morgan fingerprint density at radius 2 is 1.75 bits per heavy atom.